The van der Waals surface area contributed by atoms with E-state index in [9.17, 15) is 19.2 Å². The standard InChI is InChI=1S/C21H20N4O4/c26-18(22-14-4-3-5-15(12-14)23-19(27)13-8-9-13)10-11-25-17-7-2-1-6-16(17)20(28)24-21(25)29/h1-7,12-13H,8-11H2,(H,22,26)(H,23,27)(H,24,28,29). The van der Waals surface area contributed by atoms with Crippen LogP contribution < -0.4 is 21.9 Å². The first-order chi connectivity index (χ1) is 14.0. The molecule has 0 unspecified atom stereocenters. The molecule has 0 bridgehead atoms. The van der Waals surface area contributed by atoms with Gasteiger partial charge in [-0.15, -0.1) is 0 Å². The molecule has 0 spiro atoms. The number of aryl methyl sites for hydroxylation is 1. The lowest BCUT2D eigenvalue weighted by Crippen LogP contribution is -2.31. The van der Waals surface area contributed by atoms with Gasteiger partial charge >= 0.3 is 5.69 Å². The molecule has 1 aromatic heterocycles. The number of aromatic nitrogens is 2. The predicted octanol–water partition coefficient (Wildman–Crippen LogP) is 2.07. The van der Waals surface area contributed by atoms with Crippen LogP contribution in [0, 0.1) is 5.92 Å². The van der Waals surface area contributed by atoms with E-state index in [2.05, 4.69) is 15.6 Å². The lowest BCUT2D eigenvalue weighted by Gasteiger charge is -2.11. The number of hydrogen-bond acceptors (Lipinski definition) is 4. The Balaban J connectivity index is 1.43. The van der Waals surface area contributed by atoms with Crippen molar-refractivity contribution in [2.75, 3.05) is 10.6 Å². The topological polar surface area (TPSA) is 113 Å². The molecule has 1 fully saturated rings. The number of carbonyl (C=O) groups excluding carboxylic acids is 2. The molecule has 0 saturated heterocycles. The Bertz CT molecular complexity index is 1210. The summed E-state index contributed by atoms with van der Waals surface area (Å²) in [6.07, 6.45) is 1.89. The molecule has 3 N–H and O–H groups in total. The van der Waals surface area contributed by atoms with Gasteiger partial charge in [-0.3, -0.25) is 23.9 Å². The largest absolute Gasteiger partial charge is 0.328 e. The van der Waals surface area contributed by atoms with Gasteiger partial charge in [-0.1, -0.05) is 18.2 Å². The fourth-order valence-corrected chi connectivity index (χ4v) is 3.17. The van der Waals surface area contributed by atoms with Gasteiger partial charge in [0, 0.05) is 30.3 Å². The van der Waals surface area contributed by atoms with Gasteiger partial charge < -0.3 is 10.6 Å². The Kier molecular flexibility index (Phi) is 4.99. The number of nitrogens with one attached hydrogen (secondary N) is 3. The van der Waals surface area contributed by atoms with Crippen molar-refractivity contribution in [2.45, 2.75) is 25.8 Å². The number of rotatable bonds is 6. The molecule has 0 aliphatic heterocycles. The van der Waals surface area contributed by atoms with Gasteiger partial charge in [0.15, 0.2) is 0 Å². The number of fused-ring (bicyclic) bond motifs is 1. The molecule has 8 nitrogen and oxygen atoms in total. The van der Waals surface area contributed by atoms with Crippen molar-refractivity contribution in [3.05, 3.63) is 69.4 Å². The van der Waals surface area contributed by atoms with Crippen LogP contribution >= 0.6 is 0 Å². The van der Waals surface area contributed by atoms with E-state index in [-0.39, 0.29) is 30.7 Å². The molecule has 1 aliphatic rings. The highest BCUT2D eigenvalue weighted by molar-refractivity contribution is 5.96. The number of amides is 2. The summed E-state index contributed by atoms with van der Waals surface area (Å²) < 4.78 is 1.38. The molecular weight excluding hydrogens is 372 g/mol. The van der Waals surface area contributed by atoms with E-state index in [1.54, 1.807) is 48.5 Å². The summed E-state index contributed by atoms with van der Waals surface area (Å²) in [6, 6.07) is 13.7. The van der Waals surface area contributed by atoms with Gasteiger partial charge in [0.25, 0.3) is 5.56 Å². The molecule has 1 aliphatic carbocycles. The number of benzene rings is 2. The number of hydrogen-bond donors (Lipinski definition) is 3. The molecule has 4 rings (SSSR count). The van der Waals surface area contributed by atoms with Crippen LogP contribution in [0.4, 0.5) is 11.4 Å². The minimum absolute atomic E-state index is 0.00204. The number of aromatic amines is 1. The van der Waals surface area contributed by atoms with Crippen molar-refractivity contribution in [3.63, 3.8) is 0 Å². The monoisotopic (exact) mass is 392 g/mol. The molecule has 0 radical (unpaired) electrons. The van der Waals surface area contributed by atoms with Crippen molar-refractivity contribution in [3.8, 4) is 0 Å². The summed E-state index contributed by atoms with van der Waals surface area (Å²) in [5.74, 6) is -0.186. The molecule has 29 heavy (non-hydrogen) atoms. The van der Waals surface area contributed by atoms with E-state index in [0.717, 1.165) is 12.8 Å². The summed E-state index contributed by atoms with van der Waals surface area (Å²) in [6.45, 7) is 0.125. The van der Waals surface area contributed by atoms with E-state index in [1.165, 1.54) is 4.57 Å². The van der Waals surface area contributed by atoms with Crippen LogP contribution in [0.2, 0.25) is 0 Å². The maximum Gasteiger partial charge on any atom is 0.328 e. The van der Waals surface area contributed by atoms with Gasteiger partial charge in [0.1, 0.15) is 0 Å². The average Bonchev–Trinajstić information content (AvgIpc) is 3.53. The van der Waals surface area contributed by atoms with Crippen LogP contribution in [0.5, 0.6) is 0 Å². The molecule has 148 valence electrons. The van der Waals surface area contributed by atoms with E-state index >= 15 is 0 Å². The van der Waals surface area contributed by atoms with Gasteiger partial charge in [-0.2, -0.15) is 0 Å². The van der Waals surface area contributed by atoms with Gasteiger partial charge in [-0.05, 0) is 43.2 Å². The van der Waals surface area contributed by atoms with Crippen molar-refractivity contribution in [1.82, 2.24) is 9.55 Å². The highest BCUT2D eigenvalue weighted by Gasteiger charge is 2.29. The van der Waals surface area contributed by atoms with E-state index in [0.29, 0.717) is 22.3 Å². The van der Waals surface area contributed by atoms with Crippen LogP contribution in [0.25, 0.3) is 10.9 Å². The Labute approximate surface area is 165 Å². The predicted molar refractivity (Wildman–Crippen MR) is 110 cm³/mol. The summed E-state index contributed by atoms with van der Waals surface area (Å²) in [4.78, 5) is 50.6. The molecule has 8 heteroatoms. The maximum atomic E-state index is 12.4. The Morgan fingerprint density at radius 1 is 1.00 bits per heavy atom. The zero-order valence-electron chi connectivity index (χ0n) is 15.6. The molecule has 0 atom stereocenters. The van der Waals surface area contributed by atoms with Crippen LogP contribution in [-0.4, -0.2) is 21.4 Å². The van der Waals surface area contributed by atoms with Crippen LogP contribution in [0.15, 0.2) is 58.1 Å². The van der Waals surface area contributed by atoms with E-state index in [1.807, 2.05) is 0 Å². The Morgan fingerprint density at radius 2 is 1.72 bits per heavy atom. The number of carbonyl (C=O) groups is 2. The van der Waals surface area contributed by atoms with Crippen molar-refractivity contribution in [2.24, 2.45) is 5.92 Å². The first-order valence-corrected chi connectivity index (χ1v) is 9.44. The Hall–Kier alpha value is -3.68. The fraction of sp³-hybridized carbons (Fsp3) is 0.238. The highest BCUT2D eigenvalue weighted by atomic mass is 16.2. The van der Waals surface area contributed by atoms with Crippen LogP contribution in [-0.2, 0) is 16.1 Å². The number of para-hydroxylation sites is 1. The number of nitrogens with zero attached hydrogens (tertiary/aromatic N) is 1. The zero-order valence-corrected chi connectivity index (χ0v) is 15.6. The molecular formula is C21H20N4O4. The normalized spacial score (nSPS) is 13.2. The molecule has 1 heterocycles. The average molecular weight is 392 g/mol. The van der Waals surface area contributed by atoms with E-state index in [4.69, 9.17) is 0 Å². The number of anilines is 2. The van der Waals surface area contributed by atoms with Gasteiger partial charge in [0.05, 0.1) is 10.9 Å². The molecule has 2 aromatic carbocycles. The second-order valence-electron chi connectivity index (χ2n) is 7.07. The SMILES string of the molecule is O=C(CCn1c(=O)[nH]c(=O)c2ccccc21)Nc1cccc(NC(=O)C2CC2)c1. The van der Waals surface area contributed by atoms with Crippen molar-refractivity contribution >= 4 is 34.1 Å². The molecule has 3 aromatic rings. The smallest absolute Gasteiger partial charge is 0.326 e. The number of H-pyrrole nitrogens is 1. The van der Waals surface area contributed by atoms with E-state index < -0.39 is 11.2 Å². The van der Waals surface area contributed by atoms with Crippen LogP contribution in [0.3, 0.4) is 0 Å². The van der Waals surface area contributed by atoms with Gasteiger partial charge in [0.2, 0.25) is 11.8 Å². The van der Waals surface area contributed by atoms with Gasteiger partial charge in [-0.25, -0.2) is 4.79 Å². The first-order valence-electron chi connectivity index (χ1n) is 9.44. The third-order valence-electron chi connectivity index (χ3n) is 4.83. The fourth-order valence-electron chi connectivity index (χ4n) is 3.17. The lowest BCUT2D eigenvalue weighted by molar-refractivity contribution is -0.117. The first kappa shape index (κ1) is 18.7. The Morgan fingerprint density at radius 3 is 2.48 bits per heavy atom. The lowest BCUT2D eigenvalue weighted by atomic mass is 10.2. The zero-order chi connectivity index (χ0) is 20.4. The van der Waals surface area contributed by atoms with Crippen molar-refractivity contribution in [1.29, 1.82) is 0 Å². The van der Waals surface area contributed by atoms with Crippen molar-refractivity contribution < 1.29 is 9.59 Å². The summed E-state index contributed by atoms with van der Waals surface area (Å²) in [7, 11) is 0. The summed E-state index contributed by atoms with van der Waals surface area (Å²) >= 11 is 0. The third kappa shape index (κ3) is 4.26. The highest BCUT2D eigenvalue weighted by Crippen LogP contribution is 2.30. The summed E-state index contributed by atoms with van der Waals surface area (Å²) in [5.41, 5.74) is 0.673. The minimum atomic E-state index is -0.550. The molecule has 1 saturated carbocycles. The second-order valence-corrected chi connectivity index (χ2v) is 7.07. The minimum Gasteiger partial charge on any atom is -0.326 e. The molecule has 2 amide bonds. The second kappa shape index (κ2) is 7.75. The van der Waals surface area contributed by atoms with Crippen LogP contribution in [0.1, 0.15) is 19.3 Å². The third-order valence-corrected chi connectivity index (χ3v) is 4.83. The maximum absolute atomic E-state index is 12.4. The quantitative estimate of drug-likeness (QED) is 0.596. The summed E-state index contributed by atoms with van der Waals surface area (Å²) in [5, 5.41) is 6.01.